The molecular weight excluding hydrogens is 528 g/mol. The minimum atomic E-state index is -5.09. The predicted octanol–water partition coefficient (Wildman–Crippen LogP) is 7.91. The summed E-state index contributed by atoms with van der Waals surface area (Å²) in [5.41, 5.74) is -4.33. The van der Waals surface area contributed by atoms with Crippen LogP contribution in [0.1, 0.15) is 115 Å². The Morgan fingerprint density at radius 2 is 1.28 bits per heavy atom. The van der Waals surface area contributed by atoms with Crippen molar-refractivity contribution in [3.8, 4) is 0 Å². The highest BCUT2D eigenvalue weighted by Crippen LogP contribution is 2.38. The first-order valence-electron chi connectivity index (χ1n) is 13.2. The van der Waals surface area contributed by atoms with Crippen molar-refractivity contribution in [1.82, 2.24) is 5.32 Å². The van der Waals surface area contributed by atoms with Crippen LogP contribution >= 0.6 is 0 Å². The van der Waals surface area contributed by atoms with Crippen LogP contribution in [0.15, 0.2) is 18.2 Å². The van der Waals surface area contributed by atoms with E-state index in [4.69, 9.17) is 0 Å². The van der Waals surface area contributed by atoms with Gasteiger partial charge in [0.1, 0.15) is 11.8 Å². The van der Waals surface area contributed by atoms with Gasteiger partial charge in [0.05, 0.1) is 17.0 Å². The summed E-state index contributed by atoms with van der Waals surface area (Å²) in [5.74, 6) is -4.15. The number of carboxylic acids is 1. The Hall–Kier alpha value is -2.59. The van der Waals surface area contributed by atoms with Crippen molar-refractivity contribution in [2.24, 2.45) is 5.41 Å². The molecule has 1 amide bonds. The summed E-state index contributed by atoms with van der Waals surface area (Å²) >= 11 is 0. The Morgan fingerprint density at radius 1 is 0.795 bits per heavy atom. The number of amides is 1. The van der Waals surface area contributed by atoms with E-state index in [1.807, 2.05) is 0 Å². The molecule has 0 saturated heterocycles. The summed E-state index contributed by atoms with van der Waals surface area (Å²) in [6.07, 6.45) is -4.95. The second-order valence-electron chi connectivity index (χ2n) is 10.9. The van der Waals surface area contributed by atoms with Gasteiger partial charge in [-0.2, -0.15) is 26.3 Å². The van der Waals surface area contributed by atoms with Gasteiger partial charge in [0.15, 0.2) is 0 Å². The van der Waals surface area contributed by atoms with E-state index in [1.165, 1.54) is 0 Å². The third kappa shape index (κ3) is 12.0. The van der Waals surface area contributed by atoms with E-state index in [0.717, 1.165) is 32.1 Å². The van der Waals surface area contributed by atoms with Crippen molar-refractivity contribution in [2.45, 2.75) is 116 Å². The Labute approximate surface area is 225 Å². The molecule has 0 fully saturated rings. The van der Waals surface area contributed by atoms with E-state index in [9.17, 15) is 45.8 Å². The molecule has 2 N–H and O–H groups in total. The molecule has 1 unspecified atom stereocenters. The fourth-order valence-electron chi connectivity index (χ4n) is 4.11. The summed E-state index contributed by atoms with van der Waals surface area (Å²) in [7, 11) is 0. The van der Waals surface area contributed by atoms with Gasteiger partial charge in [-0.05, 0) is 36.6 Å². The Balaban J connectivity index is 3.28. The average Bonchev–Trinajstić information content (AvgIpc) is 2.80. The van der Waals surface area contributed by atoms with Crippen LogP contribution in [0.4, 0.5) is 26.3 Å². The number of Topliss-reactive ketones (excluding diaryl/α,β-unsaturated/α-hetero) is 1. The number of benzene rings is 1. The van der Waals surface area contributed by atoms with Gasteiger partial charge in [0.2, 0.25) is 5.91 Å². The lowest BCUT2D eigenvalue weighted by atomic mass is 9.87. The normalized spacial score (nSPS) is 14.1. The third-order valence-corrected chi connectivity index (χ3v) is 6.54. The number of aliphatic carboxylic acids is 1. The summed E-state index contributed by atoms with van der Waals surface area (Å²) in [6, 6.07) is -0.517. The fourth-order valence-corrected chi connectivity index (χ4v) is 4.11. The van der Waals surface area contributed by atoms with Gasteiger partial charge in [-0.3, -0.25) is 9.59 Å². The van der Waals surface area contributed by atoms with E-state index >= 15 is 0 Å². The van der Waals surface area contributed by atoms with Crippen LogP contribution in [-0.2, 0) is 26.7 Å². The first-order valence-corrected chi connectivity index (χ1v) is 13.2. The first-order chi connectivity index (χ1) is 17.9. The largest absolute Gasteiger partial charge is 0.480 e. The number of nitrogens with one attached hydrogen (secondary N) is 1. The number of hydrogen-bond donors (Lipinski definition) is 2. The van der Waals surface area contributed by atoms with E-state index in [1.54, 1.807) is 20.8 Å². The smallest absolute Gasteiger partial charge is 0.416 e. The Bertz CT molecular complexity index is 934. The highest BCUT2D eigenvalue weighted by atomic mass is 19.4. The zero-order valence-corrected chi connectivity index (χ0v) is 22.9. The third-order valence-electron chi connectivity index (χ3n) is 6.54. The van der Waals surface area contributed by atoms with Crippen molar-refractivity contribution in [2.75, 3.05) is 0 Å². The second kappa shape index (κ2) is 14.7. The van der Waals surface area contributed by atoms with Crippen LogP contribution in [0, 0.1) is 5.41 Å². The molecule has 0 aromatic heterocycles. The highest BCUT2D eigenvalue weighted by Gasteiger charge is 2.38. The van der Waals surface area contributed by atoms with Gasteiger partial charge in [-0.1, -0.05) is 72.6 Å². The number of carbonyl (C=O) groups is 3. The number of hydrogen-bond acceptors (Lipinski definition) is 3. The van der Waals surface area contributed by atoms with Crippen molar-refractivity contribution >= 4 is 17.7 Å². The zero-order valence-electron chi connectivity index (χ0n) is 22.9. The van der Waals surface area contributed by atoms with E-state index < -0.39 is 58.3 Å². The molecule has 0 spiro atoms. The molecule has 1 aromatic carbocycles. The Morgan fingerprint density at radius 3 is 1.72 bits per heavy atom. The number of rotatable bonds is 15. The fraction of sp³-hybridized carbons (Fsp3) is 0.679. The molecule has 1 aromatic rings. The van der Waals surface area contributed by atoms with E-state index in [2.05, 4.69) is 12.2 Å². The highest BCUT2D eigenvalue weighted by molar-refractivity contribution is 5.89. The van der Waals surface area contributed by atoms with Gasteiger partial charge in [0.25, 0.3) is 0 Å². The van der Waals surface area contributed by atoms with Crippen LogP contribution in [0.5, 0.6) is 0 Å². The number of halogens is 6. The molecule has 0 aliphatic carbocycles. The summed E-state index contributed by atoms with van der Waals surface area (Å²) in [4.78, 5) is 37.2. The van der Waals surface area contributed by atoms with Gasteiger partial charge >= 0.3 is 18.3 Å². The second-order valence-corrected chi connectivity index (χ2v) is 10.9. The molecule has 0 aliphatic rings. The maximum Gasteiger partial charge on any atom is 0.416 e. The van der Waals surface area contributed by atoms with Crippen molar-refractivity contribution in [3.05, 3.63) is 34.9 Å². The van der Waals surface area contributed by atoms with Crippen LogP contribution in [-0.4, -0.2) is 28.8 Å². The van der Waals surface area contributed by atoms with Crippen LogP contribution in [0.2, 0.25) is 0 Å². The monoisotopic (exact) mass is 567 g/mol. The lowest BCUT2D eigenvalue weighted by molar-refractivity contribution is -0.143. The molecule has 0 radical (unpaired) electrons. The number of carboxylic acid groups (broad SMARTS) is 1. The Kier molecular flexibility index (Phi) is 13.0. The lowest BCUT2D eigenvalue weighted by Crippen LogP contribution is -2.43. The number of ketones is 1. The van der Waals surface area contributed by atoms with Gasteiger partial charge < -0.3 is 10.4 Å². The average molecular weight is 568 g/mol. The lowest BCUT2D eigenvalue weighted by Gasteiger charge is -2.23. The summed E-state index contributed by atoms with van der Waals surface area (Å²) < 4.78 is 80.8. The number of alkyl halides is 6. The van der Waals surface area contributed by atoms with Crippen molar-refractivity contribution in [1.29, 1.82) is 0 Å². The first kappa shape index (κ1) is 34.4. The molecule has 11 heteroatoms. The van der Waals surface area contributed by atoms with Crippen molar-refractivity contribution < 1.29 is 45.8 Å². The molecule has 0 bridgehead atoms. The maximum absolute atomic E-state index is 13.5. The van der Waals surface area contributed by atoms with Crippen LogP contribution in [0.3, 0.4) is 0 Å². The van der Waals surface area contributed by atoms with Gasteiger partial charge in [0, 0.05) is 11.8 Å². The topological polar surface area (TPSA) is 83.5 Å². The molecule has 2 atom stereocenters. The number of unbranched alkanes of at least 4 members (excludes halogenated alkanes) is 6. The standard InChI is InChI=1S/C28H39F6NO4/c1-5-6-7-8-9-10-11-12-21(18-15-19(27(29,30)31)17-20(16-18)28(32,33)34)24(37)35-22(25(38)39)13-14-23(36)26(2,3)4/h15-17,21-22H,5-14H2,1-4H3,(H,35,37)(H,38,39)/t21?,22-/m0/s1. The van der Waals surface area contributed by atoms with E-state index in [0.29, 0.717) is 25.0 Å². The quantitative estimate of drug-likeness (QED) is 0.167. The number of carbonyl (C=O) groups excluding carboxylic acids is 2. The summed E-state index contributed by atoms with van der Waals surface area (Å²) in [5, 5.41) is 11.8. The molecule has 39 heavy (non-hydrogen) atoms. The zero-order chi connectivity index (χ0) is 30.0. The SMILES string of the molecule is CCCCCCCCCC(C(=O)N[C@@H](CCC(=O)C(C)(C)C)C(=O)O)c1cc(C(F)(F)F)cc(C(F)(F)F)c1. The summed E-state index contributed by atoms with van der Waals surface area (Å²) in [6.45, 7) is 6.99. The minimum Gasteiger partial charge on any atom is -0.480 e. The maximum atomic E-state index is 13.5. The molecule has 5 nitrogen and oxygen atoms in total. The molecule has 1 rings (SSSR count). The van der Waals surface area contributed by atoms with E-state index in [-0.39, 0.29) is 31.1 Å². The van der Waals surface area contributed by atoms with Crippen LogP contribution < -0.4 is 5.32 Å². The van der Waals surface area contributed by atoms with Gasteiger partial charge in [-0.15, -0.1) is 0 Å². The molecule has 222 valence electrons. The molecular formula is C28H39F6NO4. The molecule has 0 saturated carbocycles. The molecule has 0 heterocycles. The van der Waals surface area contributed by atoms with Gasteiger partial charge in [-0.25, -0.2) is 4.79 Å². The van der Waals surface area contributed by atoms with Crippen LogP contribution in [0.25, 0.3) is 0 Å². The minimum absolute atomic E-state index is 0.00957. The molecule has 0 aliphatic heterocycles. The van der Waals surface area contributed by atoms with Crippen molar-refractivity contribution in [3.63, 3.8) is 0 Å². The predicted molar refractivity (Wildman–Crippen MR) is 135 cm³/mol.